The molecule has 27 heavy (non-hydrogen) atoms. The molecule has 0 spiro atoms. The van der Waals surface area contributed by atoms with Crippen LogP contribution >= 0.6 is 0 Å². The molecule has 0 bridgehead atoms. The number of anilines is 1. The van der Waals surface area contributed by atoms with Gasteiger partial charge in [0.05, 0.1) is 17.9 Å². The average molecular weight is 368 g/mol. The number of hydrogen-bond donors (Lipinski definition) is 2. The van der Waals surface area contributed by atoms with Crippen LogP contribution in [-0.2, 0) is 4.74 Å². The van der Waals surface area contributed by atoms with E-state index in [1.54, 1.807) is 55.5 Å². The van der Waals surface area contributed by atoms with Gasteiger partial charge in [0.25, 0.3) is 11.8 Å². The van der Waals surface area contributed by atoms with Crippen molar-refractivity contribution >= 4 is 23.5 Å². The van der Waals surface area contributed by atoms with Crippen molar-refractivity contribution in [2.24, 2.45) is 0 Å². The molecule has 2 aromatic rings. The molecule has 0 aliphatic heterocycles. The zero-order chi connectivity index (χ0) is 19.6. The number of hydrogen-bond acceptors (Lipinski definition) is 4. The fraction of sp³-hybridized carbons (Fsp3) is 0.286. The molecule has 0 aliphatic carbocycles. The Morgan fingerprint density at radius 1 is 0.889 bits per heavy atom. The number of ether oxygens (including phenoxy) is 1. The molecule has 0 unspecified atom stereocenters. The molecule has 0 fully saturated rings. The molecule has 2 rings (SSSR count). The summed E-state index contributed by atoms with van der Waals surface area (Å²) in [6.07, 6.45) is 1.93. The number of unbranched alkanes of at least 4 members (excludes halogenated alkanes) is 1. The van der Waals surface area contributed by atoms with Crippen LogP contribution in [0.25, 0.3) is 0 Å². The lowest BCUT2D eigenvalue weighted by Gasteiger charge is -2.10. The van der Waals surface area contributed by atoms with Crippen molar-refractivity contribution in [3.8, 4) is 0 Å². The minimum atomic E-state index is -0.493. The van der Waals surface area contributed by atoms with Gasteiger partial charge in [0.2, 0.25) is 0 Å². The third-order valence-electron chi connectivity index (χ3n) is 3.90. The summed E-state index contributed by atoms with van der Waals surface area (Å²) in [5.41, 5.74) is 1.55. The van der Waals surface area contributed by atoms with Crippen LogP contribution in [0.2, 0.25) is 0 Å². The van der Waals surface area contributed by atoms with Crippen LogP contribution in [0.1, 0.15) is 57.8 Å². The standard InChI is InChI=1S/C21H24N2O4/c1-3-5-14-22-19(24)15-10-12-16(13-11-15)20(25)23-18-9-7-6-8-17(18)21(26)27-4-2/h6-13H,3-5,14H2,1-2H3,(H,22,24)(H,23,25). The highest BCUT2D eigenvalue weighted by molar-refractivity contribution is 6.08. The lowest BCUT2D eigenvalue weighted by molar-refractivity contribution is 0.0527. The lowest BCUT2D eigenvalue weighted by atomic mass is 10.1. The van der Waals surface area contributed by atoms with E-state index in [0.717, 1.165) is 12.8 Å². The first-order chi connectivity index (χ1) is 13.1. The Morgan fingerprint density at radius 2 is 1.52 bits per heavy atom. The summed E-state index contributed by atoms with van der Waals surface area (Å²) in [5.74, 6) is -1.03. The Balaban J connectivity index is 2.07. The highest BCUT2D eigenvalue weighted by Gasteiger charge is 2.15. The number of carbonyl (C=O) groups excluding carboxylic acids is 3. The molecule has 0 radical (unpaired) electrons. The number of esters is 1. The summed E-state index contributed by atoms with van der Waals surface area (Å²) in [6.45, 7) is 4.66. The Bertz CT molecular complexity index is 800. The third-order valence-corrected chi connectivity index (χ3v) is 3.90. The van der Waals surface area contributed by atoms with Crippen LogP contribution in [0.15, 0.2) is 48.5 Å². The molecule has 0 saturated carbocycles. The SMILES string of the molecule is CCCCNC(=O)c1ccc(C(=O)Nc2ccccc2C(=O)OCC)cc1. The number of nitrogens with one attached hydrogen (secondary N) is 2. The van der Waals surface area contributed by atoms with E-state index in [1.165, 1.54) is 0 Å². The second-order valence-corrected chi connectivity index (χ2v) is 5.91. The smallest absolute Gasteiger partial charge is 0.340 e. The Labute approximate surface area is 158 Å². The Kier molecular flexibility index (Phi) is 7.55. The summed E-state index contributed by atoms with van der Waals surface area (Å²) in [7, 11) is 0. The van der Waals surface area contributed by atoms with E-state index < -0.39 is 5.97 Å². The van der Waals surface area contributed by atoms with E-state index in [9.17, 15) is 14.4 Å². The van der Waals surface area contributed by atoms with Crippen molar-refractivity contribution in [2.45, 2.75) is 26.7 Å². The van der Waals surface area contributed by atoms with E-state index in [0.29, 0.717) is 28.9 Å². The van der Waals surface area contributed by atoms with Crippen molar-refractivity contribution in [1.82, 2.24) is 5.32 Å². The molecule has 0 aromatic heterocycles. The van der Waals surface area contributed by atoms with Gasteiger partial charge in [-0.1, -0.05) is 25.5 Å². The number of rotatable bonds is 8. The van der Waals surface area contributed by atoms with Gasteiger partial charge in [0, 0.05) is 17.7 Å². The lowest BCUT2D eigenvalue weighted by Crippen LogP contribution is -2.24. The van der Waals surface area contributed by atoms with Gasteiger partial charge in [-0.2, -0.15) is 0 Å². The average Bonchev–Trinajstić information content (AvgIpc) is 2.68. The van der Waals surface area contributed by atoms with Gasteiger partial charge >= 0.3 is 5.97 Å². The molecule has 6 heteroatoms. The van der Waals surface area contributed by atoms with Crippen molar-refractivity contribution in [3.05, 3.63) is 65.2 Å². The second-order valence-electron chi connectivity index (χ2n) is 5.91. The Hall–Kier alpha value is -3.15. The normalized spacial score (nSPS) is 10.1. The van der Waals surface area contributed by atoms with E-state index in [-0.39, 0.29) is 18.4 Å². The molecule has 0 saturated heterocycles. The van der Waals surface area contributed by atoms with Crippen molar-refractivity contribution < 1.29 is 19.1 Å². The highest BCUT2D eigenvalue weighted by atomic mass is 16.5. The predicted octanol–water partition coefficient (Wildman–Crippen LogP) is 3.65. The molecular formula is C21H24N2O4. The van der Waals surface area contributed by atoms with Crippen molar-refractivity contribution in [1.29, 1.82) is 0 Å². The van der Waals surface area contributed by atoms with Gasteiger partial charge < -0.3 is 15.4 Å². The molecule has 0 aliphatic rings. The largest absolute Gasteiger partial charge is 0.462 e. The van der Waals surface area contributed by atoms with E-state index in [2.05, 4.69) is 17.6 Å². The van der Waals surface area contributed by atoms with Crippen molar-refractivity contribution in [2.75, 3.05) is 18.5 Å². The van der Waals surface area contributed by atoms with E-state index >= 15 is 0 Å². The maximum absolute atomic E-state index is 12.5. The van der Waals surface area contributed by atoms with Gasteiger partial charge in [-0.05, 0) is 49.7 Å². The van der Waals surface area contributed by atoms with Crippen LogP contribution in [0.4, 0.5) is 5.69 Å². The molecular weight excluding hydrogens is 344 g/mol. The third kappa shape index (κ3) is 5.67. The number of carbonyl (C=O) groups is 3. The Morgan fingerprint density at radius 3 is 2.15 bits per heavy atom. The van der Waals surface area contributed by atoms with Crippen LogP contribution in [-0.4, -0.2) is 30.9 Å². The zero-order valence-corrected chi connectivity index (χ0v) is 15.6. The van der Waals surface area contributed by atoms with E-state index in [1.807, 2.05) is 0 Å². The van der Waals surface area contributed by atoms with Gasteiger partial charge in [-0.25, -0.2) is 4.79 Å². The maximum Gasteiger partial charge on any atom is 0.340 e. The highest BCUT2D eigenvalue weighted by Crippen LogP contribution is 2.17. The first-order valence-corrected chi connectivity index (χ1v) is 9.02. The van der Waals surface area contributed by atoms with Gasteiger partial charge in [0.1, 0.15) is 0 Å². The first kappa shape index (κ1) is 20.2. The topological polar surface area (TPSA) is 84.5 Å². The summed E-state index contributed by atoms with van der Waals surface area (Å²) >= 11 is 0. The minimum absolute atomic E-state index is 0.164. The summed E-state index contributed by atoms with van der Waals surface area (Å²) in [6, 6.07) is 13.0. The molecule has 6 nitrogen and oxygen atoms in total. The molecule has 2 N–H and O–H groups in total. The van der Waals surface area contributed by atoms with Crippen LogP contribution < -0.4 is 10.6 Å². The summed E-state index contributed by atoms with van der Waals surface area (Å²) in [4.78, 5) is 36.5. The minimum Gasteiger partial charge on any atom is -0.462 e. The van der Waals surface area contributed by atoms with Gasteiger partial charge in [0.15, 0.2) is 0 Å². The fourth-order valence-electron chi connectivity index (χ4n) is 2.43. The van der Waals surface area contributed by atoms with E-state index in [4.69, 9.17) is 4.74 Å². The van der Waals surface area contributed by atoms with Gasteiger partial charge in [-0.3, -0.25) is 9.59 Å². The summed E-state index contributed by atoms with van der Waals surface area (Å²) < 4.78 is 5.00. The van der Waals surface area contributed by atoms with Gasteiger partial charge in [-0.15, -0.1) is 0 Å². The second kappa shape index (κ2) is 10.1. The van der Waals surface area contributed by atoms with Crippen LogP contribution in [0.3, 0.4) is 0 Å². The number of para-hydroxylation sites is 1. The predicted molar refractivity (Wildman–Crippen MR) is 104 cm³/mol. The van der Waals surface area contributed by atoms with Crippen LogP contribution in [0.5, 0.6) is 0 Å². The maximum atomic E-state index is 12.5. The molecule has 142 valence electrons. The number of benzene rings is 2. The molecule has 2 aromatic carbocycles. The van der Waals surface area contributed by atoms with Crippen LogP contribution in [0, 0.1) is 0 Å². The van der Waals surface area contributed by atoms with Crippen molar-refractivity contribution in [3.63, 3.8) is 0 Å². The molecule has 2 amide bonds. The number of amides is 2. The fourth-order valence-corrected chi connectivity index (χ4v) is 2.43. The quantitative estimate of drug-likeness (QED) is 0.550. The molecule has 0 atom stereocenters. The monoisotopic (exact) mass is 368 g/mol. The zero-order valence-electron chi connectivity index (χ0n) is 15.6. The summed E-state index contributed by atoms with van der Waals surface area (Å²) in [5, 5.41) is 5.55. The molecule has 0 heterocycles. The first-order valence-electron chi connectivity index (χ1n) is 9.02.